The molecule has 0 saturated carbocycles. The van der Waals surface area contributed by atoms with Gasteiger partial charge in [-0.05, 0) is 12.1 Å². The quantitative estimate of drug-likeness (QED) is 0.591. The highest BCUT2D eigenvalue weighted by molar-refractivity contribution is 7.86. The van der Waals surface area contributed by atoms with E-state index in [1.54, 1.807) is 0 Å². The van der Waals surface area contributed by atoms with Gasteiger partial charge in [-0.25, -0.2) is 13.6 Å². The number of carbonyl (C=O) groups is 1. The van der Waals surface area contributed by atoms with Crippen LogP contribution in [0.15, 0.2) is 17.0 Å². The van der Waals surface area contributed by atoms with E-state index < -0.39 is 38.3 Å². The minimum atomic E-state index is -5.44. The van der Waals surface area contributed by atoms with Gasteiger partial charge in [0.05, 0.1) is 12.7 Å². The van der Waals surface area contributed by atoms with Crippen molar-refractivity contribution in [3.05, 3.63) is 29.3 Å². The molecule has 1 aromatic carbocycles. The van der Waals surface area contributed by atoms with Crippen molar-refractivity contribution in [2.45, 2.75) is 4.90 Å². The summed E-state index contributed by atoms with van der Waals surface area (Å²) in [6.07, 6.45) is 0. The highest BCUT2D eigenvalue weighted by atomic mass is 32.3. The Hall–Kier alpha value is -1.57. The van der Waals surface area contributed by atoms with E-state index in [2.05, 4.69) is 4.74 Å². The fourth-order valence-corrected chi connectivity index (χ4v) is 1.58. The number of hydrogen-bond acceptors (Lipinski definition) is 4. The van der Waals surface area contributed by atoms with Crippen LogP contribution >= 0.6 is 0 Å². The van der Waals surface area contributed by atoms with Crippen molar-refractivity contribution in [2.75, 3.05) is 7.11 Å². The van der Waals surface area contributed by atoms with E-state index in [1.165, 1.54) is 0 Å². The smallest absolute Gasteiger partial charge is 0.341 e. The molecular formula is C8H5F3O4S. The molecule has 0 aliphatic carbocycles. The van der Waals surface area contributed by atoms with Crippen molar-refractivity contribution in [1.82, 2.24) is 0 Å². The number of hydrogen-bond donors (Lipinski definition) is 0. The van der Waals surface area contributed by atoms with E-state index in [-0.39, 0.29) is 6.07 Å². The average molecular weight is 254 g/mol. The lowest BCUT2D eigenvalue weighted by atomic mass is 10.2. The van der Waals surface area contributed by atoms with E-state index in [9.17, 15) is 25.9 Å². The van der Waals surface area contributed by atoms with Crippen LogP contribution in [-0.4, -0.2) is 21.5 Å². The second-order valence-corrected chi connectivity index (χ2v) is 4.01. The summed E-state index contributed by atoms with van der Waals surface area (Å²) in [5.74, 6) is -4.25. The number of benzene rings is 1. The summed E-state index contributed by atoms with van der Waals surface area (Å²) in [7, 11) is -4.56. The maximum absolute atomic E-state index is 13.3. The van der Waals surface area contributed by atoms with E-state index in [0.29, 0.717) is 6.07 Å². The number of carbonyl (C=O) groups excluding carboxylic acids is 1. The van der Waals surface area contributed by atoms with Gasteiger partial charge in [-0.1, -0.05) is 0 Å². The summed E-state index contributed by atoms with van der Waals surface area (Å²) in [6, 6.07) is 0.549. The largest absolute Gasteiger partial charge is 0.465 e. The van der Waals surface area contributed by atoms with Crippen molar-refractivity contribution in [2.24, 2.45) is 0 Å². The maximum atomic E-state index is 13.3. The zero-order valence-corrected chi connectivity index (χ0v) is 8.65. The van der Waals surface area contributed by atoms with Crippen LogP contribution in [0.1, 0.15) is 10.4 Å². The molecule has 0 atom stereocenters. The third-order valence-corrected chi connectivity index (χ3v) is 2.49. The second-order valence-electron chi connectivity index (χ2n) is 2.69. The summed E-state index contributed by atoms with van der Waals surface area (Å²) in [6.45, 7) is 0. The molecule has 0 radical (unpaired) electrons. The van der Waals surface area contributed by atoms with Crippen molar-refractivity contribution < 1.29 is 30.6 Å². The molecular weight excluding hydrogens is 249 g/mol. The van der Waals surface area contributed by atoms with E-state index in [0.717, 1.165) is 7.11 Å². The Kier molecular flexibility index (Phi) is 3.22. The van der Waals surface area contributed by atoms with Gasteiger partial charge in [0.1, 0.15) is 10.7 Å². The molecule has 0 spiro atoms. The first kappa shape index (κ1) is 12.5. The zero-order valence-electron chi connectivity index (χ0n) is 7.83. The van der Waals surface area contributed by atoms with Crippen LogP contribution in [0.2, 0.25) is 0 Å². The third-order valence-electron chi connectivity index (χ3n) is 1.67. The first-order valence-electron chi connectivity index (χ1n) is 3.79. The summed E-state index contributed by atoms with van der Waals surface area (Å²) in [4.78, 5) is 9.39. The fraction of sp³-hybridized carbons (Fsp3) is 0.125. The van der Waals surface area contributed by atoms with Gasteiger partial charge in [-0.15, -0.1) is 3.89 Å². The third kappa shape index (κ3) is 2.32. The number of methoxy groups -OCH3 is 1. The predicted octanol–water partition coefficient (Wildman–Crippen LogP) is 1.41. The number of esters is 1. The molecule has 0 heterocycles. The Morgan fingerprint density at radius 1 is 1.31 bits per heavy atom. The average Bonchev–Trinajstić information content (AvgIpc) is 2.18. The predicted molar refractivity (Wildman–Crippen MR) is 46.0 cm³/mol. The Labute approximate surface area is 88.9 Å². The lowest BCUT2D eigenvalue weighted by Gasteiger charge is -2.04. The van der Waals surface area contributed by atoms with E-state index in [1.807, 2.05) is 0 Å². The Balaban J connectivity index is 3.56. The van der Waals surface area contributed by atoms with Crippen molar-refractivity contribution >= 4 is 16.2 Å². The van der Waals surface area contributed by atoms with E-state index >= 15 is 0 Å². The minimum absolute atomic E-state index is 0.136. The molecule has 0 unspecified atom stereocenters. The van der Waals surface area contributed by atoms with Gasteiger partial charge in [-0.3, -0.25) is 0 Å². The normalized spacial score (nSPS) is 11.2. The minimum Gasteiger partial charge on any atom is -0.465 e. The van der Waals surface area contributed by atoms with Gasteiger partial charge < -0.3 is 4.74 Å². The molecule has 0 aromatic heterocycles. The van der Waals surface area contributed by atoms with Gasteiger partial charge in [0.2, 0.25) is 0 Å². The van der Waals surface area contributed by atoms with Gasteiger partial charge in [0.15, 0.2) is 5.82 Å². The van der Waals surface area contributed by atoms with E-state index in [4.69, 9.17) is 0 Å². The maximum Gasteiger partial charge on any atom is 0.341 e. The van der Waals surface area contributed by atoms with Gasteiger partial charge in [0.25, 0.3) is 0 Å². The topological polar surface area (TPSA) is 60.4 Å². The lowest BCUT2D eigenvalue weighted by molar-refractivity contribution is 0.0594. The molecule has 88 valence electrons. The lowest BCUT2D eigenvalue weighted by Crippen LogP contribution is -2.09. The number of halogens is 3. The van der Waals surface area contributed by atoms with Crippen LogP contribution in [0, 0.1) is 11.6 Å². The Morgan fingerprint density at radius 2 is 1.88 bits per heavy atom. The van der Waals surface area contributed by atoms with Gasteiger partial charge in [0, 0.05) is 0 Å². The zero-order chi connectivity index (χ0) is 12.5. The van der Waals surface area contributed by atoms with Crippen molar-refractivity contribution in [3.8, 4) is 0 Å². The standard InChI is InChI=1S/C8H5F3O4S/c1-15-8(12)5-2-4(9)3-6(7(5)10)16(11,13)14/h2-3H,1H3. The molecule has 0 fully saturated rings. The molecule has 8 heteroatoms. The van der Waals surface area contributed by atoms with Crippen molar-refractivity contribution in [1.29, 1.82) is 0 Å². The summed E-state index contributed by atoms with van der Waals surface area (Å²) in [5, 5.41) is 0. The second kappa shape index (κ2) is 4.12. The summed E-state index contributed by atoms with van der Waals surface area (Å²) in [5.41, 5.74) is -0.987. The van der Waals surface area contributed by atoms with Gasteiger partial charge in [-0.2, -0.15) is 8.42 Å². The Bertz CT molecular complexity index is 538. The summed E-state index contributed by atoms with van der Waals surface area (Å²) >= 11 is 0. The number of ether oxygens (including phenoxy) is 1. The Morgan fingerprint density at radius 3 is 2.31 bits per heavy atom. The van der Waals surface area contributed by atoms with Crippen LogP contribution in [0.5, 0.6) is 0 Å². The van der Waals surface area contributed by atoms with Crippen molar-refractivity contribution in [3.63, 3.8) is 0 Å². The molecule has 16 heavy (non-hydrogen) atoms. The molecule has 4 nitrogen and oxygen atoms in total. The molecule has 1 rings (SSSR count). The summed E-state index contributed by atoms with van der Waals surface area (Å²) < 4.78 is 63.6. The van der Waals surface area contributed by atoms with Gasteiger partial charge >= 0.3 is 16.2 Å². The fourth-order valence-electron chi connectivity index (χ4n) is 1.00. The molecule has 0 saturated heterocycles. The highest BCUT2D eigenvalue weighted by Gasteiger charge is 2.25. The SMILES string of the molecule is COC(=O)c1cc(F)cc(S(=O)(=O)F)c1F. The van der Waals surface area contributed by atoms with Crippen LogP contribution in [-0.2, 0) is 15.0 Å². The first-order valence-corrected chi connectivity index (χ1v) is 5.17. The van der Waals surface area contributed by atoms with Crippen LogP contribution in [0.4, 0.5) is 12.7 Å². The first-order chi connectivity index (χ1) is 7.27. The molecule has 0 aliphatic rings. The molecule has 0 bridgehead atoms. The molecule has 0 N–H and O–H groups in total. The van der Waals surface area contributed by atoms with Crippen LogP contribution in [0.25, 0.3) is 0 Å². The molecule has 0 aliphatic heterocycles. The monoisotopic (exact) mass is 254 g/mol. The number of rotatable bonds is 2. The van der Waals surface area contributed by atoms with Crippen LogP contribution < -0.4 is 0 Å². The molecule has 1 aromatic rings. The van der Waals surface area contributed by atoms with Crippen LogP contribution in [0.3, 0.4) is 0 Å². The molecule has 0 amide bonds. The highest BCUT2D eigenvalue weighted by Crippen LogP contribution is 2.22.